The third kappa shape index (κ3) is 4.76. The average molecular weight is 418 g/mol. The van der Waals surface area contributed by atoms with E-state index in [1.54, 1.807) is 11.0 Å². The van der Waals surface area contributed by atoms with Gasteiger partial charge in [-0.3, -0.25) is 14.5 Å². The quantitative estimate of drug-likeness (QED) is 0.700. The third-order valence-corrected chi connectivity index (χ3v) is 5.67. The lowest BCUT2D eigenvalue weighted by Gasteiger charge is -2.31. The van der Waals surface area contributed by atoms with E-state index in [1.807, 2.05) is 60.7 Å². The molecule has 1 amide bonds. The lowest BCUT2D eigenvalue weighted by Crippen LogP contribution is -2.43. The van der Waals surface area contributed by atoms with Crippen LogP contribution in [0.25, 0.3) is 6.08 Å². The molecule has 2 aliphatic heterocycles. The summed E-state index contributed by atoms with van der Waals surface area (Å²) in [7, 11) is 0. The van der Waals surface area contributed by atoms with E-state index in [-0.39, 0.29) is 11.4 Å². The molecule has 4 rings (SSSR count). The Morgan fingerprint density at radius 3 is 2.32 bits per heavy atom. The number of nitrogens with zero attached hydrogens (tertiary/aromatic N) is 2. The summed E-state index contributed by atoms with van der Waals surface area (Å²) in [5.41, 5.74) is 1.81. The van der Waals surface area contributed by atoms with Gasteiger partial charge in [0.15, 0.2) is 11.5 Å². The van der Waals surface area contributed by atoms with Crippen molar-refractivity contribution in [1.82, 2.24) is 9.80 Å². The number of morpholine rings is 1. The molecule has 0 aromatic heterocycles. The van der Waals surface area contributed by atoms with Gasteiger partial charge in [0.05, 0.1) is 24.8 Å². The number of carbonyl (C=O) groups excluding carboxylic acids is 2. The Labute approximate surface area is 182 Å². The molecule has 6 heteroatoms. The fraction of sp³-hybridized carbons (Fsp3) is 0.280. The van der Waals surface area contributed by atoms with E-state index in [4.69, 9.17) is 4.74 Å². The van der Waals surface area contributed by atoms with Gasteiger partial charge in [-0.1, -0.05) is 66.7 Å². The average Bonchev–Trinajstić information content (AvgIpc) is 3.08. The molecular weight excluding hydrogens is 392 g/mol. The van der Waals surface area contributed by atoms with Crippen LogP contribution in [0.1, 0.15) is 17.2 Å². The van der Waals surface area contributed by atoms with Crippen molar-refractivity contribution in [3.8, 4) is 0 Å². The van der Waals surface area contributed by atoms with Crippen molar-refractivity contribution in [2.45, 2.75) is 6.04 Å². The minimum absolute atomic E-state index is 0.130. The largest absolute Gasteiger partial charge is 0.503 e. The number of hydrogen-bond donors (Lipinski definition) is 1. The molecule has 1 fully saturated rings. The van der Waals surface area contributed by atoms with Crippen molar-refractivity contribution < 1.29 is 19.4 Å². The molecule has 6 nitrogen and oxygen atoms in total. The van der Waals surface area contributed by atoms with Gasteiger partial charge in [0.2, 0.25) is 0 Å². The van der Waals surface area contributed by atoms with Crippen molar-refractivity contribution in [2.24, 2.45) is 0 Å². The minimum Gasteiger partial charge on any atom is -0.503 e. The first-order valence-electron chi connectivity index (χ1n) is 10.5. The monoisotopic (exact) mass is 418 g/mol. The van der Waals surface area contributed by atoms with Crippen molar-refractivity contribution in [3.63, 3.8) is 0 Å². The van der Waals surface area contributed by atoms with Gasteiger partial charge in [0.1, 0.15) is 0 Å². The first kappa shape index (κ1) is 21.0. The maximum absolute atomic E-state index is 13.1. The molecule has 2 aliphatic rings. The Morgan fingerprint density at radius 1 is 1.00 bits per heavy atom. The van der Waals surface area contributed by atoms with Crippen molar-refractivity contribution in [2.75, 3.05) is 39.4 Å². The second-order valence-electron chi connectivity index (χ2n) is 7.64. The van der Waals surface area contributed by atoms with E-state index >= 15 is 0 Å². The molecule has 1 saturated heterocycles. The van der Waals surface area contributed by atoms with Crippen LogP contribution in [0.15, 0.2) is 78.1 Å². The van der Waals surface area contributed by atoms with Crippen LogP contribution >= 0.6 is 0 Å². The smallest absolute Gasteiger partial charge is 0.290 e. The molecule has 1 N–H and O–H groups in total. The first-order chi connectivity index (χ1) is 15.1. The summed E-state index contributed by atoms with van der Waals surface area (Å²) in [6, 6.07) is 18.2. The minimum atomic E-state index is -0.609. The van der Waals surface area contributed by atoms with E-state index in [1.165, 1.54) is 6.08 Å². The Kier molecular flexibility index (Phi) is 6.60. The van der Waals surface area contributed by atoms with Gasteiger partial charge < -0.3 is 14.7 Å². The standard InChI is InChI=1S/C25H26N2O4/c28-21(12-11-19-7-3-1-4-8-19)22-23(20-9-5-2-6-10-20)27(25(30)24(22)29)14-13-26-15-17-31-18-16-26/h1-12,23,29H,13-18H2. The number of ether oxygens (including phenoxy) is 1. The molecule has 0 radical (unpaired) electrons. The highest BCUT2D eigenvalue weighted by Crippen LogP contribution is 2.37. The molecule has 31 heavy (non-hydrogen) atoms. The molecule has 0 saturated carbocycles. The molecule has 0 spiro atoms. The number of allylic oxidation sites excluding steroid dienone is 1. The molecule has 1 unspecified atom stereocenters. The number of rotatable bonds is 7. The van der Waals surface area contributed by atoms with Gasteiger partial charge in [-0.25, -0.2) is 0 Å². The number of hydrogen-bond acceptors (Lipinski definition) is 5. The van der Waals surface area contributed by atoms with Gasteiger partial charge in [0, 0.05) is 26.2 Å². The number of benzene rings is 2. The normalized spacial score (nSPS) is 20.1. The first-order valence-corrected chi connectivity index (χ1v) is 10.5. The van der Waals surface area contributed by atoms with Gasteiger partial charge in [-0.2, -0.15) is 0 Å². The lowest BCUT2D eigenvalue weighted by atomic mass is 9.95. The Hall–Kier alpha value is -3.22. The Bertz CT molecular complexity index is 979. The van der Waals surface area contributed by atoms with Gasteiger partial charge in [0.25, 0.3) is 5.91 Å². The summed E-state index contributed by atoms with van der Waals surface area (Å²) < 4.78 is 5.39. The molecular formula is C25H26N2O4. The summed E-state index contributed by atoms with van der Waals surface area (Å²) in [5, 5.41) is 10.7. The summed E-state index contributed by atoms with van der Waals surface area (Å²) in [4.78, 5) is 29.9. The van der Waals surface area contributed by atoms with Crippen LogP contribution in [0.5, 0.6) is 0 Å². The molecule has 2 aromatic rings. The second kappa shape index (κ2) is 9.73. The highest BCUT2D eigenvalue weighted by molar-refractivity contribution is 6.14. The zero-order valence-electron chi connectivity index (χ0n) is 17.3. The summed E-state index contributed by atoms with van der Waals surface area (Å²) in [6.45, 7) is 4.04. The van der Waals surface area contributed by atoms with Crippen molar-refractivity contribution >= 4 is 17.8 Å². The predicted molar refractivity (Wildman–Crippen MR) is 118 cm³/mol. The van der Waals surface area contributed by atoms with Crippen LogP contribution in [0.4, 0.5) is 0 Å². The highest BCUT2D eigenvalue weighted by atomic mass is 16.5. The fourth-order valence-electron chi connectivity index (χ4n) is 4.02. The van der Waals surface area contributed by atoms with Crippen LogP contribution in [0.2, 0.25) is 0 Å². The maximum atomic E-state index is 13.1. The Morgan fingerprint density at radius 2 is 1.65 bits per heavy atom. The molecule has 1 atom stereocenters. The molecule has 2 heterocycles. The van der Waals surface area contributed by atoms with Gasteiger partial charge in [-0.15, -0.1) is 0 Å². The summed E-state index contributed by atoms with van der Waals surface area (Å²) in [5.74, 6) is -1.32. The van der Waals surface area contributed by atoms with E-state index < -0.39 is 17.7 Å². The fourth-order valence-corrected chi connectivity index (χ4v) is 4.02. The van der Waals surface area contributed by atoms with Crippen LogP contribution in [-0.2, 0) is 14.3 Å². The van der Waals surface area contributed by atoms with E-state index in [0.717, 1.165) is 24.2 Å². The van der Waals surface area contributed by atoms with Crippen LogP contribution < -0.4 is 0 Å². The maximum Gasteiger partial charge on any atom is 0.290 e. The topological polar surface area (TPSA) is 70.1 Å². The number of aliphatic hydroxyl groups is 1. The number of amides is 1. The van der Waals surface area contributed by atoms with Crippen LogP contribution in [0, 0.1) is 0 Å². The number of aliphatic hydroxyl groups excluding tert-OH is 1. The van der Waals surface area contributed by atoms with Gasteiger partial charge in [-0.05, 0) is 17.2 Å². The van der Waals surface area contributed by atoms with Gasteiger partial charge >= 0.3 is 0 Å². The van der Waals surface area contributed by atoms with E-state index in [9.17, 15) is 14.7 Å². The Balaban J connectivity index is 1.59. The zero-order chi connectivity index (χ0) is 21.6. The third-order valence-electron chi connectivity index (χ3n) is 5.67. The summed E-state index contributed by atoms with van der Waals surface area (Å²) >= 11 is 0. The van der Waals surface area contributed by atoms with Crippen LogP contribution in [0.3, 0.4) is 0 Å². The number of ketones is 1. The molecule has 0 aliphatic carbocycles. The summed E-state index contributed by atoms with van der Waals surface area (Å²) in [6.07, 6.45) is 3.13. The molecule has 0 bridgehead atoms. The van der Waals surface area contributed by atoms with Crippen LogP contribution in [-0.4, -0.2) is 66.0 Å². The van der Waals surface area contributed by atoms with Crippen molar-refractivity contribution in [3.05, 3.63) is 89.2 Å². The lowest BCUT2D eigenvalue weighted by molar-refractivity contribution is -0.129. The SMILES string of the molecule is O=C(C=Cc1ccccc1)C1=C(O)C(=O)N(CCN2CCOCC2)C1c1ccccc1. The van der Waals surface area contributed by atoms with E-state index in [2.05, 4.69) is 4.90 Å². The molecule has 2 aromatic carbocycles. The number of carbonyl (C=O) groups is 2. The molecule has 160 valence electrons. The highest BCUT2D eigenvalue weighted by Gasteiger charge is 2.42. The second-order valence-corrected chi connectivity index (χ2v) is 7.64. The van der Waals surface area contributed by atoms with Crippen molar-refractivity contribution in [1.29, 1.82) is 0 Å². The predicted octanol–water partition coefficient (Wildman–Crippen LogP) is 3.00. The van der Waals surface area contributed by atoms with E-state index in [0.29, 0.717) is 26.3 Å². The zero-order valence-corrected chi connectivity index (χ0v) is 17.3.